The maximum Gasteiger partial charge on any atom is 0.262 e. The zero-order valence-corrected chi connectivity index (χ0v) is 14.3. The number of ether oxygens (including phenoxy) is 2. The Hall–Kier alpha value is -3.29. The van der Waals surface area contributed by atoms with Crippen molar-refractivity contribution in [3.05, 3.63) is 51.8 Å². The lowest BCUT2D eigenvalue weighted by molar-refractivity contribution is 0.0939. The Morgan fingerprint density at radius 3 is 2.85 bits per heavy atom. The Kier molecular flexibility index (Phi) is 3.87. The summed E-state index contributed by atoms with van der Waals surface area (Å²) in [6, 6.07) is 5.22. The van der Waals surface area contributed by atoms with E-state index in [-0.39, 0.29) is 22.7 Å². The molecule has 26 heavy (non-hydrogen) atoms. The number of nitrogens with zero attached hydrogens (tertiary/aromatic N) is 1. The SMILES string of the molecule is Cc1oc2nc[nH]c(=O)c2c1C(=O)N[C@H](C)c1ccc2c(c1)OCCO2. The van der Waals surface area contributed by atoms with Gasteiger partial charge < -0.3 is 24.2 Å². The van der Waals surface area contributed by atoms with E-state index in [1.165, 1.54) is 6.33 Å². The zero-order valence-electron chi connectivity index (χ0n) is 14.3. The van der Waals surface area contributed by atoms with Crippen LogP contribution in [0.15, 0.2) is 33.7 Å². The van der Waals surface area contributed by atoms with Gasteiger partial charge in [-0.2, -0.15) is 0 Å². The van der Waals surface area contributed by atoms with Crippen LogP contribution in [0.25, 0.3) is 11.1 Å². The number of aromatic nitrogens is 2. The molecule has 0 bridgehead atoms. The number of aromatic amines is 1. The molecule has 1 aromatic carbocycles. The van der Waals surface area contributed by atoms with Crippen LogP contribution in [0.3, 0.4) is 0 Å². The van der Waals surface area contributed by atoms with Gasteiger partial charge in [-0.05, 0) is 31.5 Å². The molecule has 3 heterocycles. The van der Waals surface area contributed by atoms with E-state index < -0.39 is 11.5 Å². The lowest BCUT2D eigenvalue weighted by atomic mass is 10.1. The molecular formula is C18H17N3O5. The third-order valence-corrected chi connectivity index (χ3v) is 4.31. The molecule has 1 aliphatic rings. The van der Waals surface area contributed by atoms with Crippen molar-refractivity contribution in [2.75, 3.05) is 13.2 Å². The van der Waals surface area contributed by atoms with Gasteiger partial charge in [-0.25, -0.2) is 4.98 Å². The van der Waals surface area contributed by atoms with Crippen LogP contribution in [0.4, 0.5) is 0 Å². The van der Waals surface area contributed by atoms with Crippen molar-refractivity contribution in [3.63, 3.8) is 0 Å². The second-order valence-corrected chi connectivity index (χ2v) is 6.04. The number of aryl methyl sites for hydroxylation is 1. The fourth-order valence-corrected chi connectivity index (χ4v) is 3.01. The van der Waals surface area contributed by atoms with E-state index in [9.17, 15) is 9.59 Å². The molecule has 2 N–H and O–H groups in total. The highest BCUT2D eigenvalue weighted by Crippen LogP contribution is 2.32. The molecule has 1 amide bonds. The van der Waals surface area contributed by atoms with Crippen LogP contribution in [0.2, 0.25) is 0 Å². The highest BCUT2D eigenvalue weighted by molar-refractivity contribution is 6.06. The summed E-state index contributed by atoms with van der Waals surface area (Å²) in [6.45, 7) is 4.50. The maximum atomic E-state index is 12.8. The first-order valence-corrected chi connectivity index (χ1v) is 8.22. The predicted octanol–water partition coefficient (Wildman–Crippen LogP) is 2.09. The summed E-state index contributed by atoms with van der Waals surface area (Å²) >= 11 is 0. The van der Waals surface area contributed by atoms with Gasteiger partial charge in [0.2, 0.25) is 5.71 Å². The van der Waals surface area contributed by atoms with Gasteiger partial charge in [-0.1, -0.05) is 6.07 Å². The van der Waals surface area contributed by atoms with Gasteiger partial charge in [0.05, 0.1) is 17.9 Å². The van der Waals surface area contributed by atoms with E-state index >= 15 is 0 Å². The minimum absolute atomic E-state index is 0.142. The Balaban J connectivity index is 1.63. The van der Waals surface area contributed by atoms with Crippen molar-refractivity contribution in [1.29, 1.82) is 0 Å². The number of hydrogen-bond acceptors (Lipinski definition) is 6. The first-order chi connectivity index (χ1) is 12.5. The highest BCUT2D eigenvalue weighted by atomic mass is 16.6. The average Bonchev–Trinajstić information content (AvgIpc) is 2.98. The summed E-state index contributed by atoms with van der Waals surface area (Å²) in [5, 5.41) is 3.04. The van der Waals surface area contributed by atoms with E-state index in [2.05, 4.69) is 15.3 Å². The summed E-state index contributed by atoms with van der Waals surface area (Å²) < 4.78 is 16.5. The standard InChI is InChI=1S/C18H17N3O5/c1-9(11-3-4-12-13(7-11)25-6-5-24-12)21-17(23)14-10(2)26-18-15(14)16(22)19-8-20-18/h3-4,7-9H,5-6H2,1-2H3,(H,21,23)(H,19,20,22)/t9-/m1/s1. The molecule has 0 aliphatic carbocycles. The fourth-order valence-electron chi connectivity index (χ4n) is 3.01. The average molecular weight is 355 g/mol. The second-order valence-electron chi connectivity index (χ2n) is 6.04. The molecule has 8 nitrogen and oxygen atoms in total. The topological polar surface area (TPSA) is 106 Å². The highest BCUT2D eigenvalue weighted by Gasteiger charge is 2.23. The van der Waals surface area contributed by atoms with E-state index in [4.69, 9.17) is 13.9 Å². The lowest BCUT2D eigenvalue weighted by Gasteiger charge is -2.21. The van der Waals surface area contributed by atoms with Gasteiger partial charge in [0, 0.05) is 0 Å². The minimum atomic E-state index is -0.413. The molecule has 0 saturated carbocycles. The fraction of sp³-hybridized carbons (Fsp3) is 0.278. The number of amides is 1. The van der Waals surface area contributed by atoms with Gasteiger partial charge in [0.25, 0.3) is 11.5 Å². The molecule has 0 unspecified atom stereocenters. The van der Waals surface area contributed by atoms with Crippen LogP contribution in [0, 0.1) is 6.92 Å². The van der Waals surface area contributed by atoms with Crippen LogP contribution in [0.5, 0.6) is 11.5 Å². The van der Waals surface area contributed by atoms with Crippen molar-refractivity contribution >= 4 is 17.0 Å². The summed E-state index contributed by atoms with van der Waals surface area (Å²) in [5.41, 5.74) is 0.784. The Labute approximate surface area is 148 Å². The van der Waals surface area contributed by atoms with Gasteiger partial charge >= 0.3 is 0 Å². The first-order valence-electron chi connectivity index (χ1n) is 8.22. The molecule has 3 aromatic rings. The van der Waals surface area contributed by atoms with Gasteiger partial charge in [0.15, 0.2) is 11.5 Å². The van der Waals surface area contributed by atoms with E-state index in [1.807, 2.05) is 25.1 Å². The number of carbonyl (C=O) groups excluding carboxylic acids is 1. The van der Waals surface area contributed by atoms with E-state index in [1.54, 1.807) is 6.92 Å². The van der Waals surface area contributed by atoms with Crippen LogP contribution in [0.1, 0.15) is 34.6 Å². The van der Waals surface area contributed by atoms with Crippen molar-refractivity contribution in [3.8, 4) is 11.5 Å². The summed E-state index contributed by atoms with van der Waals surface area (Å²) in [4.78, 5) is 31.2. The van der Waals surface area contributed by atoms with Crippen LogP contribution >= 0.6 is 0 Å². The summed E-state index contributed by atoms with van der Waals surface area (Å²) in [6.07, 6.45) is 1.24. The Bertz CT molecular complexity index is 1050. The summed E-state index contributed by atoms with van der Waals surface area (Å²) in [5.74, 6) is 1.28. The van der Waals surface area contributed by atoms with Crippen LogP contribution in [-0.2, 0) is 0 Å². The normalized spacial score (nSPS) is 14.2. The number of H-pyrrole nitrogens is 1. The molecule has 2 aromatic heterocycles. The predicted molar refractivity (Wildman–Crippen MR) is 92.7 cm³/mol. The monoisotopic (exact) mass is 355 g/mol. The van der Waals surface area contributed by atoms with Gasteiger partial charge in [-0.15, -0.1) is 0 Å². The zero-order chi connectivity index (χ0) is 18.3. The molecule has 1 atom stereocenters. The lowest BCUT2D eigenvalue weighted by Crippen LogP contribution is -2.28. The van der Waals surface area contributed by atoms with Crippen molar-refractivity contribution in [1.82, 2.24) is 15.3 Å². The van der Waals surface area contributed by atoms with E-state index in [0.717, 1.165) is 5.56 Å². The quantitative estimate of drug-likeness (QED) is 0.745. The Morgan fingerprint density at radius 1 is 1.27 bits per heavy atom. The van der Waals surface area contributed by atoms with Crippen LogP contribution in [-0.4, -0.2) is 29.1 Å². The number of rotatable bonds is 3. The molecular weight excluding hydrogens is 338 g/mol. The molecule has 0 spiro atoms. The summed E-state index contributed by atoms with van der Waals surface area (Å²) in [7, 11) is 0. The van der Waals surface area contributed by atoms with Gasteiger partial charge in [0.1, 0.15) is 24.4 Å². The smallest absolute Gasteiger partial charge is 0.262 e. The minimum Gasteiger partial charge on any atom is -0.486 e. The molecule has 1 aliphatic heterocycles. The molecule has 0 saturated heterocycles. The first kappa shape index (κ1) is 16.2. The molecule has 0 fully saturated rings. The number of nitrogens with one attached hydrogen (secondary N) is 2. The largest absolute Gasteiger partial charge is 0.486 e. The molecule has 134 valence electrons. The number of hydrogen-bond donors (Lipinski definition) is 2. The number of fused-ring (bicyclic) bond motifs is 2. The van der Waals surface area contributed by atoms with E-state index in [0.29, 0.717) is 30.5 Å². The third-order valence-electron chi connectivity index (χ3n) is 4.31. The maximum absolute atomic E-state index is 12.8. The third kappa shape index (κ3) is 2.69. The molecule has 0 radical (unpaired) electrons. The van der Waals surface area contributed by atoms with Crippen molar-refractivity contribution < 1.29 is 18.7 Å². The number of benzene rings is 1. The molecule has 8 heteroatoms. The molecule has 4 rings (SSSR count). The van der Waals surface area contributed by atoms with Gasteiger partial charge in [-0.3, -0.25) is 9.59 Å². The number of furan rings is 1. The van der Waals surface area contributed by atoms with Crippen LogP contribution < -0.4 is 20.3 Å². The van der Waals surface area contributed by atoms with Crippen molar-refractivity contribution in [2.24, 2.45) is 0 Å². The van der Waals surface area contributed by atoms with Crippen molar-refractivity contribution in [2.45, 2.75) is 19.9 Å². The second kappa shape index (κ2) is 6.21. The Morgan fingerprint density at radius 2 is 2.04 bits per heavy atom. The number of carbonyl (C=O) groups is 1.